The highest BCUT2D eigenvalue weighted by Gasteiger charge is 2.35. The molecule has 9 heteroatoms. The van der Waals surface area contributed by atoms with Gasteiger partial charge in [0.2, 0.25) is 3.79 Å². The van der Waals surface area contributed by atoms with E-state index in [2.05, 4.69) is 31.9 Å². The Labute approximate surface area is 197 Å². The van der Waals surface area contributed by atoms with Crippen LogP contribution in [0.3, 0.4) is 0 Å². The summed E-state index contributed by atoms with van der Waals surface area (Å²) in [5.41, 5.74) is 1.20. The number of rotatable bonds is 4. The highest BCUT2D eigenvalue weighted by atomic mass is 79.9. The van der Waals surface area contributed by atoms with Crippen LogP contribution in [0.1, 0.15) is 10.4 Å². The van der Waals surface area contributed by atoms with Crippen LogP contribution in [0.5, 0.6) is 0 Å². The van der Waals surface area contributed by atoms with Gasteiger partial charge in [0.05, 0.1) is 5.56 Å². The van der Waals surface area contributed by atoms with Crippen molar-refractivity contribution in [2.24, 2.45) is 0 Å². The predicted molar refractivity (Wildman–Crippen MR) is 129 cm³/mol. The summed E-state index contributed by atoms with van der Waals surface area (Å²) >= 11 is 26.9. The van der Waals surface area contributed by atoms with Gasteiger partial charge in [0.1, 0.15) is 6.17 Å². The molecule has 29 heavy (non-hydrogen) atoms. The molecule has 0 aliphatic carbocycles. The lowest BCUT2D eigenvalue weighted by molar-refractivity contribution is 0.0934. The van der Waals surface area contributed by atoms with Crippen molar-refractivity contribution in [1.29, 1.82) is 0 Å². The SMILES string of the molecule is O=C(N[C@H](NC(=S)Nc1cccc2ccccc12)C(Cl)(Cl)Cl)c1ccccc1Br. The van der Waals surface area contributed by atoms with Gasteiger partial charge in [-0.2, -0.15) is 0 Å². The zero-order valence-corrected chi connectivity index (χ0v) is 19.4. The molecule has 0 heterocycles. The highest BCUT2D eigenvalue weighted by Crippen LogP contribution is 2.30. The maximum atomic E-state index is 12.6. The number of thiocarbonyl (C=S) groups is 1. The van der Waals surface area contributed by atoms with E-state index in [0.717, 1.165) is 16.5 Å². The third-order valence-corrected chi connectivity index (χ3v) is 5.60. The number of hydrogen-bond donors (Lipinski definition) is 3. The second-order valence-corrected chi connectivity index (χ2v) is 9.68. The lowest BCUT2D eigenvalue weighted by Crippen LogP contribution is -2.56. The van der Waals surface area contributed by atoms with Gasteiger partial charge in [0, 0.05) is 15.5 Å². The van der Waals surface area contributed by atoms with Crippen LogP contribution in [0.2, 0.25) is 0 Å². The Bertz CT molecular complexity index is 1050. The van der Waals surface area contributed by atoms with Crippen LogP contribution in [0, 0.1) is 0 Å². The molecule has 0 fully saturated rings. The van der Waals surface area contributed by atoms with E-state index < -0.39 is 15.9 Å². The van der Waals surface area contributed by atoms with Gasteiger partial charge in [-0.25, -0.2) is 0 Å². The summed E-state index contributed by atoms with van der Waals surface area (Å²) in [6.07, 6.45) is -1.07. The monoisotopic (exact) mass is 529 g/mol. The number of carbonyl (C=O) groups excluding carboxylic acids is 1. The second kappa shape index (κ2) is 9.49. The normalized spacial score (nSPS) is 12.3. The first-order chi connectivity index (χ1) is 13.8. The number of carbonyl (C=O) groups is 1. The first-order valence-corrected chi connectivity index (χ1v) is 10.8. The van der Waals surface area contributed by atoms with E-state index in [1.807, 2.05) is 42.5 Å². The van der Waals surface area contributed by atoms with E-state index in [1.54, 1.807) is 24.3 Å². The Hall–Kier alpha value is -1.57. The number of fused-ring (bicyclic) bond motifs is 1. The molecular weight excluding hydrogens is 517 g/mol. The van der Waals surface area contributed by atoms with Crippen LogP contribution in [0.25, 0.3) is 10.8 Å². The van der Waals surface area contributed by atoms with Crippen LogP contribution < -0.4 is 16.0 Å². The van der Waals surface area contributed by atoms with E-state index in [1.165, 1.54) is 0 Å². The van der Waals surface area contributed by atoms with Crippen molar-refractivity contribution in [2.75, 3.05) is 5.32 Å². The fourth-order valence-corrected chi connectivity index (χ4v) is 3.70. The van der Waals surface area contributed by atoms with Gasteiger partial charge in [-0.05, 0) is 51.7 Å². The van der Waals surface area contributed by atoms with Crippen LogP contribution >= 0.6 is 63.0 Å². The average molecular weight is 532 g/mol. The van der Waals surface area contributed by atoms with Crippen LogP contribution in [-0.2, 0) is 0 Å². The van der Waals surface area contributed by atoms with E-state index in [0.29, 0.717) is 10.0 Å². The maximum absolute atomic E-state index is 12.6. The van der Waals surface area contributed by atoms with Gasteiger partial charge < -0.3 is 16.0 Å². The number of hydrogen-bond acceptors (Lipinski definition) is 2. The van der Waals surface area contributed by atoms with Crippen molar-refractivity contribution in [3.8, 4) is 0 Å². The highest BCUT2D eigenvalue weighted by molar-refractivity contribution is 9.10. The Morgan fingerprint density at radius 2 is 1.59 bits per heavy atom. The topological polar surface area (TPSA) is 53.2 Å². The fourth-order valence-electron chi connectivity index (χ4n) is 2.68. The summed E-state index contributed by atoms with van der Waals surface area (Å²) in [7, 11) is 0. The van der Waals surface area contributed by atoms with Gasteiger partial charge in [-0.15, -0.1) is 0 Å². The zero-order valence-electron chi connectivity index (χ0n) is 14.8. The molecule has 3 N–H and O–H groups in total. The first kappa shape index (κ1) is 22.1. The molecule has 0 aliphatic heterocycles. The maximum Gasteiger partial charge on any atom is 0.254 e. The number of anilines is 1. The van der Waals surface area contributed by atoms with Crippen LogP contribution in [-0.4, -0.2) is 21.0 Å². The van der Waals surface area contributed by atoms with Gasteiger partial charge in [0.15, 0.2) is 5.11 Å². The van der Waals surface area contributed by atoms with Gasteiger partial charge in [-0.1, -0.05) is 83.3 Å². The molecule has 0 spiro atoms. The molecule has 0 aliphatic rings. The lowest BCUT2D eigenvalue weighted by atomic mass is 10.1. The van der Waals surface area contributed by atoms with Crippen LogP contribution in [0.15, 0.2) is 71.2 Å². The third-order valence-electron chi connectivity index (χ3n) is 4.03. The van der Waals surface area contributed by atoms with Gasteiger partial charge >= 0.3 is 0 Å². The minimum absolute atomic E-state index is 0.199. The molecule has 1 atom stereocenters. The van der Waals surface area contributed by atoms with Crippen molar-refractivity contribution < 1.29 is 4.79 Å². The standard InChI is InChI=1S/C20H15BrCl3N3OS/c21-15-10-4-3-9-14(15)17(28)26-18(20(22,23)24)27-19(29)25-16-11-5-7-12-6-1-2-8-13(12)16/h1-11,18H,(H,26,28)(H2,25,27,29)/t18-/m1/s1. The summed E-state index contributed by atoms with van der Waals surface area (Å²) in [4.78, 5) is 12.6. The zero-order chi connectivity index (χ0) is 21.0. The molecule has 0 unspecified atom stereocenters. The predicted octanol–water partition coefficient (Wildman–Crippen LogP) is 6.02. The van der Waals surface area contributed by atoms with Gasteiger partial charge in [0.25, 0.3) is 5.91 Å². The smallest absolute Gasteiger partial charge is 0.254 e. The Morgan fingerprint density at radius 1 is 0.931 bits per heavy atom. The largest absolute Gasteiger partial charge is 0.339 e. The molecule has 0 aromatic heterocycles. The Balaban J connectivity index is 1.76. The summed E-state index contributed by atoms with van der Waals surface area (Å²) in [6, 6.07) is 20.6. The van der Waals surface area contributed by atoms with E-state index in [9.17, 15) is 4.79 Å². The van der Waals surface area contributed by atoms with Crippen molar-refractivity contribution in [3.63, 3.8) is 0 Å². The quantitative estimate of drug-likeness (QED) is 0.219. The van der Waals surface area contributed by atoms with E-state index in [-0.39, 0.29) is 5.11 Å². The first-order valence-electron chi connectivity index (χ1n) is 8.43. The minimum Gasteiger partial charge on any atom is -0.339 e. The van der Waals surface area contributed by atoms with E-state index in [4.69, 9.17) is 47.0 Å². The fraction of sp³-hybridized carbons (Fsp3) is 0.100. The minimum atomic E-state index is -1.85. The summed E-state index contributed by atoms with van der Waals surface area (Å²) in [5, 5.41) is 10.9. The molecule has 1 amide bonds. The molecule has 4 nitrogen and oxygen atoms in total. The number of benzene rings is 3. The molecule has 0 saturated heterocycles. The molecule has 0 saturated carbocycles. The third kappa shape index (κ3) is 5.74. The van der Waals surface area contributed by atoms with Crippen LogP contribution in [0.4, 0.5) is 5.69 Å². The summed E-state index contributed by atoms with van der Waals surface area (Å²) in [5.74, 6) is -0.422. The van der Waals surface area contributed by atoms with Crippen molar-refractivity contribution in [1.82, 2.24) is 10.6 Å². The Kier molecular flexibility index (Phi) is 7.24. The molecule has 0 bridgehead atoms. The van der Waals surface area contributed by atoms with Crippen molar-refractivity contribution >= 4 is 90.4 Å². The molecular formula is C20H15BrCl3N3OS. The molecule has 3 aromatic carbocycles. The van der Waals surface area contributed by atoms with E-state index >= 15 is 0 Å². The number of amides is 1. The number of halogens is 4. The van der Waals surface area contributed by atoms with Crippen molar-refractivity contribution in [2.45, 2.75) is 9.96 Å². The van der Waals surface area contributed by atoms with Gasteiger partial charge in [-0.3, -0.25) is 4.79 Å². The number of nitrogens with one attached hydrogen (secondary N) is 3. The lowest BCUT2D eigenvalue weighted by Gasteiger charge is -2.28. The summed E-state index contributed by atoms with van der Waals surface area (Å²) in [6.45, 7) is 0. The second-order valence-electron chi connectivity index (χ2n) is 6.05. The number of alkyl halides is 3. The molecule has 3 aromatic rings. The Morgan fingerprint density at radius 3 is 2.31 bits per heavy atom. The summed E-state index contributed by atoms with van der Waals surface area (Å²) < 4.78 is -1.22. The molecule has 0 radical (unpaired) electrons. The molecule has 150 valence electrons. The van der Waals surface area contributed by atoms with Crippen molar-refractivity contribution in [3.05, 3.63) is 76.8 Å². The molecule has 3 rings (SSSR count). The average Bonchev–Trinajstić information content (AvgIpc) is 2.67.